The standard InChI is InChI=1S/C13H23NO/c15-13-10-4-3-5-11(13)12(7-6-10)14-8-1-2-9-14/h10-13,15H,1-9H2. The molecule has 0 aromatic carbocycles. The maximum Gasteiger partial charge on any atom is 0.0611 e. The first-order valence-electron chi connectivity index (χ1n) is 6.78. The van der Waals surface area contributed by atoms with Gasteiger partial charge in [0, 0.05) is 12.0 Å². The van der Waals surface area contributed by atoms with E-state index in [-0.39, 0.29) is 6.10 Å². The highest BCUT2D eigenvalue weighted by molar-refractivity contribution is 4.96. The van der Waals surface area contributed by atoms with E-state index in [1.165, 1.54) is 58.0 Å². The van der Waals surface area contributed by atoms with Crippen molar-refractivity contribution in [3.63, 3.8) is 0 Å². The second-order valence-electron chi connectivity index (χ2n) is 5.73. The predicted octanol–water partition coefficient (Wildman–Crippen LogP) is 2.02. The van der Waals surface area contributed by atoms with E-state index < -0.39 is 0 Å². The summed E-state index contributed by atoms with van der Waals surface area (Å²) in [5, 5.41) is 10.3. The molecule has 86 valence electrons. The Morgan fingerprint density at radius 2 is 1.67 bits per heavy atom. The van der Waals surface area contributed by atoms with E-state index in [1.807, 2.05) is 0 Å². The van der Waals surface area contributed by atoms with Crippen molar-refractivity contribution in [1.29, 1.82) is 0 Å². The lowest BCUT2D eigenvalue weighted by Crippen LogP contribution is -2.51. The Morgan fingerprint density at radius 3 is 2.47 bits per heavy atom. The van der Waals surface area contributed by atoms with Crippen LogP contribution >= 0.6 is 0 Å². The van der Waals surface area contributed by atoms with Gasteiger partial charge in [0.05, 0.1) is 6.10 Å². The Morgan fingerprint density at radius 1 is 0.867 bits per heavy atom. The Bertz CT molecular complexity index is 225. The number of hydrogen-bond donors (Lipinski definition) is 1. The second kappa shape index (κ2) is 4.06. The maximum absolute atomic E-state index is 10.3. The van der Waals surface area contributed by atoms with Crippen molar-refractivity contribution in [2.75, 3.05) is 13.1 Å². The van der Waals surface area contributed by atoms with Crippen LogP contribution in [0.1, 0.15) is 44.9 Å². The number of aliphatic hydroxyl groups is 1. The summed E-state index contributed by atoms with van der Waals surface area (Å²) in [6.07, 6.45) is 9.33. The molecule has 3 rings (SSSR count). The first-order valence-corrected chi connectivity index (χ1v) is 6.78. The molecular formula is C13H23NO. The van der Waals surface area contributed by atoms with Gasteiger partial charge in [0.25, 0.3) is 0 Å². The summed E-state index contributed by atoms with van der Waals surface area (Å²) < 4.78 is 0. The average molecular weight is 209 g/mol. The van der Waals surface area contributed by atoms with Crippen molar-refractivity contribution in [1.82, 2.24) is 4.90 Å². The van der Waals surface area contributed by atoms with Crippen LogP contribution in [-0.2, 0) is 0 Å². The third-order valence-corrected chi connectivity index (χ3v) is 4.97. The largest absolute Gasteiger partial charge is 0.392 e. The highest BCUT2D eigenvalue weighted by atomic mass is 16.3. The van der Waals surface area contributed by atoms with Gasteiger partial charge in [-0.15, -0.1) is 0 Å². The summed E-state index contributed by atoms with van der Waals surface area (Å²) >= 11 is 0. The third-order valence-electron chi connectivity index (χ3n) is 4.97. The first kappa shape index (κ1) is 10.1. The molecule has 0 radical (unpaired) electrons. The smallest absolute Gasteiger partial charge is 0.0611 e. The van der Waals surface area contributed by atoms with Gasteiger partial charge in [0.15, 0.2) is 0 Å². The van der Waals surface area contributed by atoms with Crippen LogP contribution in [0.5, 0.6) is 0 Å². The molecule has 1 saturated heterocycles. The van der Waals surface area contributed by atoms with E-state index in [9.17, 15) is 5.11 Å². The lowest BCUT2D eigenvalue weighted by molar-refractivity contribution is -0.0580. The van der Waals surface area contributed by atoms with Gasteiger partial charge < -0.3 is 10.0 Å². The maximum atomic E-state index is 10.3. The molecule has 15 heavy (non-hydrogen) atoms. The van der Waals surface area contributed by atoms with Crippen LogP contribution in [0.25, 0.3) is 0 Å². The number of rotatable bonds is 1. The summed E-state index contributed by atoms with van der Waals surface area (Å²) in [4.78, 5) is 2.66. The summed E-state index contributed by atoms with van der Waals surface area (Å²) in [5.41, 5.74) is 0. The van der Waals surface area contributed by atoms with Crippen LogP contribution in [0.15, 0.2) is 0 Å². The molecule has 2 bridgehead atoms. The quantitative estimate of drug-likeness (QED) is 0.714. The second-order valence-corrected chi connectivity index (χ2v) is 5.73. The van der Waals surface area contributed by atoms with Crippen molar-refractivity contribution in [3.05, 3.63) is 0 Å². The summed E-state index contributed by atoms with van der Waals surface area (Å²) in [6.45, 7) is 2.58. The van der Waals surface area contributed by atoms with E-state index in [2.05, 4.69) is 4.90 Å². The van der Waals surface area contributed by atoms with Gasteiger partial charge in [-0.25, -0.2) is 0 Å². The number of hydrogen-bond acceptors (Lipinski definition) is 2. The molecule has 0 spiro atoms. The van der Waals surface area contributed by atoms with E-state index in [1.54, 1.807) is 0 Å². The predicted molar refractivity (Wildman–Crippen MR) is 60.7 cm³/mol. The zero-order chi connectivity index (χ0) is 10.3. The minimum absolute atomic E-state index is 0.0260. The van der Waals surface area contributed by atoms with Crippen LogP contribution in [-0.4, -0.2) is 35.2 Å². The van der Waals surface area contributed by atoms with Crippen molar-refractivity contribution < 1.29 is 5.11 Å². The zero-order valence-electron chi connectivity index (χ0n) is 9.57. The fourth-order valence-electron chi connectivity index (χ4n) is 4.17. The monoisotopic (exact) mass is 209 g/mol. The van der Waals surface area contributed by atoms with Crippen LogP contribution in [0.3, 0.4) is 0 Å². The Labute approximate surface area is 92.7 Å². The van der Waals surface area contributed by atoms with E-state index in [0.717, 1.165) is 6.04 Å². The third kappa shape index (κ3) is 1.72. The lowest BCUT2D eigenvalue weighted by Gasteiger charge is -2.47. The molecule has 2 aliphatic carbocycles. The van der Waals surface area contributed by atoms with E-state index in [4.69, 9.17) is 0 Å². The normalized spacial score (nSPS) is 47.0. The molecule has 1 heterocycles. The molecule has 1 N–H and O–H groups in total. The number of fused-ring (bicyclic) bond motifs is 2. The van der Waals surface area contributed by atoms with Crippen molar-refractivity contribution in [3.8, 4) is 0 Å². The summed E-state index contributed by atoms with van der Waals surface area (Å²) in [5.74, 6) is 1.25. The molecule has 3 fully saturated rings. The molecule has 2 saturated carbocycles. The average Bonchev–Trinajstić information content (AvgIpc) is 2.70. The molecular weight excluding hydrogens is 186 g/mol. The lowest BCUT2D eigenvalue weighted by atomic mass is 9.67. The van der Waals surface area contributed by atoms with Gasteiger partial charge in [-0.2, -0.15) is 0 Å². The Kier molecular flexibility index (Phi) is 2.73. The van der Waals surface area contributed by atoms with Crippen LogP contribution in [0.2, 0.25) is 0 Å². The number of aliphatic hydroxyl groups excluding tert-OH is 1. The van der Waals surface area contributed by atoms with E-state index >= 15 is 0 Å². The van der Waals surface area contributed by atoms with Gasteiger partial charge in [-0.1, -0.05) is 6.42 Å². The molecule has 1 aliphatic heterocycles. The Hall–Kier alpha value is -0.0800. The van der Waals surface area contributed by atoms with Crippen LogP contribution in [0, 0.1) is 11.8 Å². The van der Waals surface area contributed by atoms with Crippen molar-refractivity contribution >= 4 is 0 Å². The highest BCUT2D eigenvalue weighted by Gasteiger charge is 2.43. The molecule has 4 atom stereocenters. The molecule has 2 heteroatoms. The molecule has 3 aliphatic rings. The Balaban J connectivity index is 1.73. The molecule has 0 amide bonds. The minimum Gasteiger partial charge on any atom is -0.392 e. The molecule has 0 aromatic heterocycles. The topological polar surface area (TPSA) is 23.5 Å². The van der Waals surface area contributed by atoms with Crippen molar-refractivity contribution in [2.24, 2.45) is 11.8 Å². The van der Waals surface area contributed by atoms with Gasteiger partial charge in [-0.05, 0) is 57.5 Å². The molecule has 2 nitrogen and oxygen atoms in total. The summed E-state index contributed by atoms with van der Waals surface area (Å²) in [6, 6.07) is 0.721. The number of likely N-dealkylation sites (tertiary alicyclic amines) is 1. The highest BCUT2D eigenvalue weighted by Crippen LogP contribution is 2.42. The number of nitrogens with zero attached hydrogens (tertiary/aromatic N) is 1. The van der Waals surface area contributed by atoms with Crippen LogP contribution < -0.4 is 0 Å². The molecule has 4 unspecified atom stereocenters. The van der Waals surface area contributed by atoms with Crippen LogP contribution in [0.4, 0.5) is 0 Å². The fourth-order valence-corrected chi connectivity index (χ4v) is 4.17. The minimum atomic E-state index is 0.0260. The summed E-state index contributed by atoms with van der Waals surface area (Å²) in [7, 11) is 0. The molecule has 0 aromatic rings. The van der Waals surface area contributed by atoms with Gasteiger partial charge >= 0.3 is 0 Å². The fraction of sp³-hybridized carbons (Fsp3) is 1.00. The van der Waals surface area contributed by atoms with Crippen molar-refractivity contribution in [2.45, 2.75) is 57.1 Å². The van der Waals surface area contributed by atoms with Gasteiger partial charge in [0.1, 0.15) is 0 Å². The first-order chi connectivity index (χ1) is 7.36. The van der Waals surface area contributed by atoms with E-state index in [0.29, 0.717) is 11.8 Å². The van der Waals surface area contributed by atoms with Gasteiger partial charge in [0.2, 0.25) is 0 Å². The van der Waals surface area contributed by atoms with Gasteiger partial charge in [-0.3, -0.25) is 0 Å². The SMILES string of the molecule is OC1C2CCCC1C(N1CCCC1)CC2. The zero-order valence-corrected chi connectivity index (χ0v) is 9.57.